The Balaban J connectivity index is 2.53. The predicted molar refractivity (Wildman–Crippen MR) is 72.8 cm³/mol. The van der Waals surface area contributed by atoms with Gasteiger partial charge in [0.1, 0.15) is 0 Å². The molecule has 1 nitrogen and oxygen atoms in total. The van der Waals surface area contributed by atoms with Crippen molar-refractivity contribution in [3.8, 4) is 0 Å². The van der Waals surface area contributed by atoms with Crippen molar-refractivity contribution in [2.75, 3.05) is 13.6 Å². The molecule has 0 amide bonds. The lowest BCUT2D eigenvalue weighted by atomic mass is 9.87. The third-order valence-electron chi connectivity index (χ3n) is 2.56. The predicted octanol–water partition coefficient (Wildman–Crippen LogP) is 4.00. The van der Waals surface area contributed by atoms with Crippen molar-refractivity contribution in [3.63, 3.8) is 0 Å². The van der Waals surface area contributed by atoms with Crippen LogP contribution in [0.5, 0.6) is 0 Å². The van der Waals surface area contributed by atoms with Gasteiger partial charge in [0.25, 0.3) is 0 Å². The molecule has 0 saturated carbocycles. The van der Waals surface area contributed by atoms with Crippen LogP contribution in [0.2, 0.25) is 0 Å². The first-order valence-electron chi connectivity index (χ1n) is 5.34. The van der Waals surface area contributed by atoms with E-state index in [4.69, 9.17) is 0 Å². The van der Waals surface area contributed by atoms with E-state index in [2.05, 4.69) is 48.1 Å². The molecule has 0 saturated heterocycles. The number of hydrogen-bond donors (Lipinski definition) is 1. The molecule has 1 N–H and O–H groups in total. The Bertz CT molecular complexity index is 317. The Hall–Kier alpha value is 0.140. The van der Waals surface area contributed by atoms with Crippen LogP contribution in [-0.4, -0.2) is 13.6 Å². The quantitative estimate of drug-likeness (QED) is 0.864. The molecule has 3 heteroatoms. The van der Waals surface area contributed by atoms with Gasteiger partial charge in [-0.1, -0.05) is 13.8 Å². The van der Waals surface area contributed by atoms with E-state index >= 15 is 0 Å². The zero-order chi connectivity index (χ0) is 11.5. The number of hydrogen-bond acceptors (Lipinski definition) is 2. The van der Waals surface area contributed by atoms with Gasteiger partial charge in [-0.05, 0) is 60.8 Å². The van der Waals surface area contributed by atoms with Gasteiger partial charge in [-0.3, -0.25) is 0 Å². The molecule has 0 atom stereocenters. The maximum atomic E-state index is 3.62. The van der Waals surface area contributed by atoms with Crippen LogP contribution in [0, 0.1) is 12.3 Å². The van der Waals surface area contributed by atoms with Crippen LogP contribution in [-0.2, 0) is 6.42 Å². The van der Waals surface area contributed by atoms with Crippen LogP contribution >= 0.6 is 27.3 Å². The molecule has 86 valence electrons. The molecule has 0 aliphatic heterocycles. The number of aryl methyl sites for hydroxylation is 2. The maximum absolute atomic E-state index is 3.62. The number of halogens is 1. The Morgan fingerprint density at radius 1 is 1.47 bits per heavy atom. The van der Waals surface area contributed by atoms with E-state index in [0.29, 0.717) is 5.41 Å². The molecular weight excluding hydrogens is 270 g/mol. The topological polar surface area (TPSA) is 12.0 Å². The highest BCUT2D eigenvalue weighted by Crippen LogP contribution is 2.31. The first-order valence-corrected chi connectivity index (χ1v) is 6.95. The zero-order valence-corrected chi connectivity index (χ0v) is 12.4. The Morgan fingerprint density at radius 2 is 2.13 bits per heavy atom. The molecule has 1 aromatic heterocycles. The first-order chi connectivity index (χ1) is 6.94. The Labute approximate surface area is 105 Å². The Kier molecular flexibility index (Phi) is 4.81. The zero-order valence-electron chi connectivity index (χ0n) is 9.98. The average Bonchev–Trinajstić information content (AvgIpc) is 2.42. The Morgan fingerprint density at radius 3 is 2.60 bits per heavy atom. The van der Waals surface area contributed by atoms with Crippen LogP contribution in [0.25, 0.3) is 0 Å². The molecule has 1 aromatic rings. The second-order valence-corrected chi connectivity index (χ2v) is 7.02. The van der Waals surface area contributed by atoms with E-state index in [1.165, 1.54) is 27.1 Å². The van der Waals surface area contributed by atoms with E-state index in [1.54, 1.807) is 0 Å². The highest BCUT2D eigenvalue weighted by atomic mass is 79.9. The standard InChI is InChI=1S/C12H20BrNS/c1-9-7-10(13)11(15-9)5-6-12(2,3)8-14-4/h7,14H,5-6,8H2,1-4H3. The molecule has 0 bridgehead atoms. The highest BCUT2D eigenvalue weighted by Gasteiger charge is 2.17. The van der Waals surface area contributed by atoms with Crippen molar-refractivity contribution in [2.45, 2.75) is 33.6 Å². The largest absolute Gasteiger partial charge is 0.319 e. The summed E-state index contributed by atoms with van der Waals surface area (Å²) in [6.45, 7) is 7.88. The third-order valence-corrected chi connectivity index (χ3v) is 4.64. The average molecular weight is 290 g/mol. The van der Waals surface area contributed by atoms with Crippen molar-refractivity contribution in [1.82, 2.24) is 5.32 Å². The number of thiophene rings is 1. The van der Waals surface area contributed by atoms with Gasteiger partial charge in [0.05, 0.1) is 0 Å². The highest BCUT2D eigenvalue weighted by molar-refractivity contribution is 9.10. The SMILES string of the molecule is CNCC(C)(C)CCc1sc(C)cc1Br. The molecule has 0 unspecified atom stereocenters. The van der Waals surface area contributed by atoms with Crippen molar-refractivity contribution < 1.29 is 0 Å². The minimum Gasteiger partial charge on any atom is -0.319 e. The minimum absolute atomic E-state index is 0.381. The molecular formula is C12H20BrNS. The summed E-state index contributed by atoms with van der Waals surface area (Å²) in [5, 5.41) is 3.26. The van der Waals surface area contributed by atoms with Crippen LogP contribution in [0.3, 0.4) is 0 Å². The lowest BCUT2D eigenvalue weighted by Crippen LogP contribution is -2.27. The van der Waals surface area contributed by atoms with Gasteiger partial charge in [-0.25, -0.2) is 0 Å². The third kappa shape index (κ3) is 4.25. The molecule has 0 fully saturated rings. The molecule has 0 spiro atoms. The van der Waals surface area contributed by atoms with Gasteiger partial charge in [-0.15, -0.1) is 11.3 Å². The molecule has 15 heavy (non-hydrogen) atoms. The van der Waals surface area contributed by atoms with Crippen LogP contribution in [0.4, 0.5) is 0 Å². The van der Waals surface area contributed by atoms with Gasteiger partial charge in [0, 0.05) is 14.2 Å². The van der Waals surface area contributed by atoms with E-state index < -0.39 is 0 Å². The molecule has 0 aliphatic rings. The second-order valence-electron chi connectivity index (χ2n) is 4.82. The summed E-state index contributed by atoms with van der Waals surface area (Å²) in [5.41, 5.74) is 0.381. The minimum atomic E-state index is 0.381. The van der Waals surface area contributed by atoms with Crippen molar-refractivity contribution in [2.24, 2.45) is 5.41 Å². The van der Waals surface area contributed by atoms with Crippen LogP contribution in [0.15, 0.2) is 10.5 Å². The smallest absolute Gasteiger partial charge is 0.0317 e. The number of nitrogens with one attached hydrogen (secondary N) is 1. The summed E-state index contributed by atoms with van der Waals surface area (Å²) in [6.07, 6.45) is 2.40. The summed E-state index contributed by atoms with van der Waals surface area (Å²) in [6, 6.07) is 2.21. The summed E-state index contributed by atoms with van der Waals surface area (Å²) in [5.74, 6) is 0. The molecule has 0 aliphatic carbocycles. The van der Waals surface area contributed by atoms with Crippen LogP contribution in [0.1, 0.15) is 30.0 Å². The lowest BCUT2D eigenvalue weighted by Gasteiger charge is -2.23. The number of rotatable bonds is 5. The van der Waals surface area contributed by atoms with Gasteiger partial charge >= 0.3 is 0 Å². The van der Waals surface area contributed by atoms with Crippen molar-refractivity contribution >= 4 is 27.3 Å². The van der Waals surface area contributed by atoms with Gasteiger partial charge in [0.15, 0.2) is 0 Å². The van der Waals surface area contributed by atoms with Crippen molar-refractivity contribution in [1.29, 1.82) is 0 Å². The second kappa shape index (κ2) is 5.46. The van der Waals surface area contributed by atoms with Gasteiger partial charge < -0.3 is 5.32 Å². The first kappa shape index (κ1) is 13.2. The normalized spacial score (nSPS) is 12.1. The van der Waals surface area contributed by atoms with E-state index in [-0.39, 0.29) is 0 Å². The fourth-order valence-corrected chi connectivity index (χ4v) is 3.58. The lowest BCUT2D eigenvalue weighted by molar-refractivity contribution is 0.325. The molecule has 1 rings (SSSR count). The fraction of sp³-hybridized carbons (Fsp3) is 0.667. The van der Waals surface area contributed by atoms with Crippen molar-refractivity contribution in [3.05, 3.63) is 20.3 Å². The maximum Gasteiger partial charge on any atom is 0.0317 e. The summed E-state index contributed by atoms with van der Waals surface area (Å²) < 4.78 is 1.28. The van der Waals surface area contributed by atoms with E-state index in [9.17, 15) is 0 Å². The molecule has 1 heterocycles. The van der Waals surface area contributed by atoms with Crippen LogP contribution < -0.4 is 5.32 Å². The summed E-state index contributed by atoms with van der Waals surface area (Å²) in [7, 11) is 2.02. The fourth-order valence-electron chi connectivity index (χ4n) is 1.72. The van der Waals surface area contributed by atoms with E-state index in [0.717, 1.165) is 6.54 Å². The van der Waals surface area contributed by atoms with Gasteiger partial charge in [-0.2, -0.15) is 0 Å². The molecule has 0 aromatic carbocycles. The molecule has 0 radical (unpaired) electrons. The summed E-state index contributed by atoms with van der Waals surface area (Å²) in [4.78, 5) is 2.87. The summed E-state index contributed by atoms with van der Waals surface area (Å²) >= 11 is 5.52. The van der Waals surface area contributed by atoms with E-state index in [1.807, 2.05) is 18.4 Å². The monoisotopic (exact) mass is 289 g/mol. The van der Waals surface area contributed by atoms with Gasteiger partial charge in [0.2, 0.25) is 0 Å².